The highest BCUT2D eigenvalue weighted by molar-refractivity contribution is 5.77. The number of nitrogen functional groups attached to an aromatic ring is 1. The van der Waals surface area contributed by atoms with E-state index in [1.807, 2.05) is 32.0 Å². The van der Waals surface area contributed by atoms with E-state index in [1.165, 1.54) is 0 Å². The molecular formula is C13H13N5. The van der Waals surface area contributed by atoms with Crippen molar-refractivity contribution in [2.45, 2.75) is 13.8 Å². The van der Waals surface area contributed by atoms with Crippen molar-refractivity contribution in [1.82, 2.24) is 19.9 Å². The lowest BCUT2D eigenvalue weighted by Crippen LogP contribution is -1.91. The number of fused-ring (bicyclic) bond motifs is 1. The molecule has 3 N–H and O–H groups in total. The lowest BCUT2D eigenvalue weighted by molar-refractivity contribution is 1.11. The van der Waals surface area contributed by atoms with E-state index in [0.717, 1.165) is 28.3 Å². The third-order valence-corrected chi connectivity index (χ3v) is 2.85. The Hall–Kier alpha value is -2.43. The van der Waals surface area contributed by atoms with E-state index >= 15 is 0 Å². The first-order valence-electron chi connectivity index (χ1n) is 5.70. The van der Waals surface area contributed by atoms with Crippen LogP contribution in [0.15, 0.2) is 24.3 Å². The van der Waals surface area contributed by atoms with Gasteiger partial charge in [-0.2, -0.15) is 0 Å². The van der Waals surface area contributed by atoms with Crippen molar-refractivity contribution in [1.29, 1.82) is 0 Å². The first-order chi connectivity index (χ1) is 8.63. The second-order valence-electron chi connectivity index (χ2n) is 4.28. The van der Waals surface area contributed by atoms with Crippen LogP contribution in [0.2, 0.25) is 0 Å². The number of aryl methyl sites for hydroxylation is 2. The van der Waals surface area contributed by atoms with Gasteiger partial charge in [-0.1, -0.05) is 0 Å². The summed E-state index contributed by atoms with van der Waals surface area (Å²) in [4.78, 5) is 16.3. The molecule has 0 unspecified atom stereocenters. The zero-order valence-electron chi connectivity index (χ0n) is 10.2. The van der Waals surface area contributed by atoms with E-state index in [9.17, 15) is 0 Å². The molecule has 3 aromatic rings. The van der Waals surface area contributed by atoms with Gasteiger partial charge in [0, 0.05) is 17.0 Å². The Morgan fingerprint density at radius 1 is 1.00 bits per heavy atom. The molecule has 0 aliphatic rings. The van der Waals surface area contributed by atoms with Gasteiger partial charge in [-0.15, -0.1) is 0 Å². The Balaban J connectivity index is 2.19. The number of pyridine rings is 2. The molecule has 3 heterocycles. The summed E-state index contributed by atoms with van der Waals surface area (Å²) in [6, 6.07) is 7.62. The Morgan fingerprint density at radius 2 is 1.83 bits per heavy atom. The molecule has 0 fully saturated rings. The van der Waals surface area contributed by atoms with E-state index in [1.54, 1.807) is 6.07 Å². The number of nitrogens with zero attached hydrogens (tertiary/aromatic N) is 3. The number of imidazole rings is 1. The number of anilines is 1. The predicted octanol–water partition coefficient (Wildman–Crippen LogP) is 2.22. The molecule has 5 heteroatoms. The first kappa shape index (κ1) is 10.7. The first-order valence-corrected chi connectivity index (χ1v) is 5.70. The van der Waals surface area contributed by atoms with Gasteiger partial charge in [-0.05, 0) is 38.1 Å². The topological polar surface area (TPSA) is 80.5 Å². The highest BCUT2D eigenvalue weighted by atomic mass is 15.0. The fraction of sp³-hybridized carbons (Fsp3) is 0.154. The van der Waals surface area contributed by atoms with Gasteiger partial charge in [0.25, 0.3) is 0 Å². The zero-order valence-corrected chi connectivity index (χ0v) is 10.2. The van der Waals surface area contributed by atoms with Crippen LogP contribution in [0.25, 0.3) is 22.6 Å². The number of hydrogen-bond acceptors (Lipinski definition) is 4. The fourth-order valence-electron chi connectivity index (χ4n) is 1.97. The summed E-state index contributed by atoms with van der Waals surface area (Å²) in [5.74, 6) is 1.24. The molecule has 0 amide bonds. The molecular weight excluding hydrogens is 226 g/mol. The summed E-state index contributed by atoms with van der Waals surface area (Å²) in [6.07, 6.45) is 0. The van der Waals surface area contributed by atoms with Crippen LogP contribution in [0.4, 0.5) is 5.82 Å². The van der Waals surface area contributed by atoms with Crippen LogP contribution in [-0.2, 0) is 0 Å². The molecule has 90 valence electrons. The Labute approximate surface area is 104 Å². The summed E-state index contributed by atoms with van der Waals surface area (Å²) in [7, 11) is 0. The third-order valence-electron chi connectivity index (χ3n) is 2.85. The fourth-order valence-corrected chi connectivity index (χ4v) is 1.97. The minimum atomic E-state index is 0.472. The summed E-state index contributed by atoms with van der Waals surface area (Å²) in [5.41, 5.74) is 10.1. The van der Waals surface area contributed by atoms with Crippen LogP contribution in [0.5, 0.6) is 0 Å². The summed E-state index contributed by atoms with van der Waals surface area (Å²) in [5, 5.41) is 0. The molecule has 3 aromatic heterocycles. The van der Waals surface area contributed by atoms with Crippen LogP contribution in [-0.4, -0.2) is 19.9 Å². The van der Waals surface area contributed by atoms with Crippen molar-refractivity contribution in [2.75, 3.05) is 5.73 Å². The molecule has 0 atom stereocenters. The normalized spacial score (nSPS) is 11.0. The third kappa shape index (κ3) is 1.69. The van der Waals surface area contributed by atoms with Crippen molar-refractivity contribution < 1.29 is 0 Å². The second-order valence-corrected chi connectivity index (χ2v) is 4.28. The average Bonchev–Trinajstić information content (AvgIpc) is 2.71. The largest absolute Gasteiger partial charge is 0.384 e. The maximum Gasteiger partial charge on any atom is 0.180 e. The predicted molar refractivity (Wildman–Crippen MR) is 71.0 cm³/mol. The zero-order chi connectivity index (χ0) is 12.7. The molecule has 0 saturated heterocycles. The number of nitrogens with one attached hydrogen (secondary N) is 1. The van der Waals surface area contributed by atoms with Crippen molar-refractivity contribution in [3.63, 3.8) is 0 Å². The standard InChI is InChI=1S/C13H13N5/c1-7-3-4-9(8(2)15-7)12-16-10-5-6-11(14)17-13(10)18-12/h3-6H,1-2H3,(H3,14,16,17,18). The second kappa shape index (κ2) is 3.80. The lowest BCUT2D eigenvalue weighted by atomic mass is 10.2. The average molecular weight is 239 g/mol. The van der Waals surface area contributed by atoms with Gasteiger partial charge in [-0.3, -0.25) is 4.98 Å². The maximum atomic E-state index is 5.64. The molecule has 5 nitrogen and oxygen atoms in total. The van der Waals surface area contributed by atoms with E-state index in [4.69, 9.17) is 5.73 Å². The van der Waals surface area contributed by atoms with Gasteiger partial charge in [0.05, 0.1) is 5.52 Å². The molecule has 0 radical (unpaired) electrons. The van der Waals surface area contributed by atoms with Crippen LogP contribution in [0.1, 0.15) is 11.4 Å². The van der Waals surface area contributed by atoms with Gasteiger partial charge < -0.3 is 10.7 Å². The summed E-state index contributed by atoms with van der Waals surface area (Å²) in [6.45, 7) is 3.94. The molecule has 0 aliphatic heterocycles. The molecule has 0 bridgehead atoms. The van der Waals surface area contributed by atoms with Gasteiger partial charge >= 0.3 is 0 Å². The number of aromatic amines is 1. The van der Waals surface area contributed by atoms with Gasteiger partial charge in [0.15, 0.2) is 5.65 Å². The molecule has 3 rings (SSSR count). The number of rotatable bonds is 1. The Morgan fingerprint density at radius 3 is 2.61 bits per heavy atom. The van der Waals surface area contributed by atoms with Gasteiger partial charge in [0.2, 0.25) is 0 Å². The van der Waals surface area contributed by atoms with Crippen molar-refractivity contribution in [2.24, 2.45) is 0 Å². The molecule has 18 heavy (non-hydrogen) atoms. The smallest absolute Gasteiger partial charge is 0.180 e. The highest BCUT2D eigenvalue weighted by Gasteiger charge is 2.09. The maximum absolute atomic E-state index is 5.64. The summed E-state index contributed by atoms with van der Waals surface area (Å²) < 4.78 is 0. The Bertz CT molecular complexity index is 729. The SMILES string of the molecule is Cc1ccc(-c2nc3nc(N)ccc3[nH]2)c(C)n1. The molecule has 0 spiro atoms. The number of H-pyrrole nitrogens is 1. The lowest BCUT2D eigenvalue weighted by Gasteiger charge is -2.01. The van der Waals surface area contributed by atoms with E-state index in [2.05, 4.69) is 19.9 Å². The van der Waals surface area contributed by atoms with Crippen LogP contribution >= 0.6 is 0 Å². The molecule has 0 saturated carbocycles. The number of aromatic nitrogens is 4. The quantitative estimate of drug-likeness (QED) is 0.682. The minimum Gasteiger partial charge on any atom is -0.384 e. The van der Waals surface area contributed by atoms with E-state index < -0.39 is 0 Å². The number of hydrogen-bond donors (Lipinski definition) is 2. The number of nitrogens with two attached hydrogens (primary N) is 1. The summed E-state index contributed by atoms with van der Waals surface area (Å²) >= 11 is 0. The van der Waals surface area contributed by atoms with Gasteiger partial charge in [0.1, 0.15) is 11.6 Å². The highest BCUT2D eigenvalue weighted by Crippen LogP contribution is 2.22. The Kier molecular flexibility index (Phi) is 2.26. The minimum absolute atomic E-state index is 0.472. The van der Waals surface area contributed by atoms with E-state index in [-0.39, 0.29) is 0 Å². The van der Waals surface area contributed by atoms with Crippen LogP contribution < -0.4 is 5.73 Å². The van der Waals surface area contributed by atoms with Crippen molar-refractivity contribution in [3.8, 4) is 11.4 Å². The van der Waals surface area contributed by atoms with Crippen LogP contribution in [0, 0.1) is 13.8 Å². The molecule has 0 aromatic carbocycles. The van der Waals surface area contributed by atoms with Crippen LogP contribution in [0.3, 0.4) is 0 Å². The monoisotopic (exact) mass is 239 g/mol. The molecule has 0 aliphatic carbocycles. The van der Waals surface area contributed by atoms with Crippen molar-refractivity contribution in [3.05, 3.63) is 35.7 Å². The van der Waals surface area contributed by atoms with E-state index in [0.29, 0.717) is 11.5 Å². The van der Waals surface area contributed by atoms with Crippen molar-refractivity contribution >= 4 is 17.0 Å². The van der Waals surface area contributed by atoms with Gasteiger partial charge in [-0.25, -0.2) is 9.97 Å².